The van der Waals surface area contributed by atoms with Gasteiger partial charge in [-0.1, -0.05) is 0 Å². The fraction of sp³-hybridized carbons (Fsp3) is 0.667. The molecule has 0 bridgehead atoms. The highest BCUT2D eigenvalue weighted by atomic mass is 32.1. The Kier molecular flexibility index (Phi) is 4.12. The van der Waals surface area contributed by atoms with Crippen molar-refractivity contribution in [3.8, 4) is 0 Å². The standard InChI is InChI=1S/C12H19N3OS/c1-2-15(10-5-3-9(13)4-6-10)12(16)11-7-14-8-17-11/h7-10H,2-6,13H2,1H3. The highest BCUT2D eigenvalue weighted by molar-refractivity contribution is 7.11. The molecule has 2 N–H and O–H groups in total. The van der Waals surface area contributed by atoms with E-state index in [-0.39, 0.29) is 5.91 Å². The molecule has 1 saturated carbocycles. The summed E-state index contributed by atoms with van der Waals surface area (Å²) in [6, 6.07) is 0.679. The van der Waals surface area contributed by atoms with Crippen LogP contribution in [0, 0.1) is 0 Å². The van der Waals surface area contributed by atoms with Crippen molar-refractivity contribution < 1.29 is 4.79 Å². The van der Waals surface area contributed by atoms with Crippen molar-refractivity contribution in [2.24, 2.45) is 5.73 Å². The maximum Gasteiger partial charge on any atom is 0.265 e. The van der Waals surface area contributed by atoms with E-state index in [1.807, 2.05) is 11.8 Å². The third-order valence-electron chi connectivity index (χ3n) is 3.43. The van der Waals surface area contributed by atoms with Crippen LogP contribution in [0.1, 0.15) is 42.3 Å². The molecule has 0 aromatic carbocycles. The summed E-state index contributed by atoms with van der Waals surface area (Å²) in [6.07, 6.45) is 5.76. The molecule has 2 rings (SSSR count). The fourth-order valence-electron chi connectivity index (χ4n) is 2.44. The Labute approximate surface area is 106 Å². The number of rotatable bonds is 3. The van der Waals surface area contributed by atoms with Crippen molar-refractivity contribution in [2.45, 2.75) is 44.7 Å². The van der Waals surface area contributed by atoms with Crippen LogP contribution in [-0.4, -0.2) is 34.4 Å². The third-order valence-corrected chi connectivity index (χ3v) is 4.19. The highest BCUT2D eigenvalue weighted by Crippen LogP contribution is 2.24. The van der Waals surface area contributed by atoms with Crippen LogP contribution in [0.15, 0.2) is 11.7 Å². The zero-order valence-electron chi connectivity index (χ0n) is 10.1. The fourth-order valence-corrected chi connectivity index (χ4v) is 3.02. The van der Waals surface area contributed by atoms with Gasteiger partial charge in [0.25, 0.3) is 5.91 Å². The Hall–Kier alpha value is -0.940. The molecular weight excluding hydrogens is 234 g/mol. The smallest absolute Gasteiger partial charge is 0.265 e. The van der Waals surface area contributed by atoms with Gasteiger partial charge in [-0.2, -0.15) is 0 Å². The van der Waals surface area contributed by atoms with Crippen LogP contribution in [0.4, 0.5) is 0 Å². The summed E-state index contributed by atoms with van der Waals surface area (Å²) in [6.45, 7) is 2.80. The molecule has 1 aromatic heterocycles. The van der Waals surface area contributed by atoms with Gasteiger partial charge in [0.15, 0.2) is 0 Å². The van der Waals surface area contributed by atoms with Crippen LogP contribution in [0.5, 0.6) is 0 Å². The first-order valence-electron chi connectivity index (χ1n) is 6.17. The molecular formula is C12H19N3OS. The van der Waals surface area contributed by atoms with Gasteiger partial charge in [0.1, 0.15) is 4.88 Å². The van der Waals surface area contributed by atoms with Crippen LogP contribution >= 0.6 is 11.3 Å². The number of aromatic nitrogens is 1. The van der Waals surface area contributed by atoms with E-state index in [0.717, 1.165) is 37.1 Å². The summed E-state index contributed by atoms with van der Waals surface area (Å²) in [5.41, 5.74) is 7.60. The van der Waals surface area contributed by atoms with Gasteiger partial charge in [-0.05, 0) is 32.6 Å². The predicted molar refractivity (Wildman–Crippen MR) is 69.1 cm³/mol. The van der Waals surface area contributed by atoms with Gasteiger partial charge in [0, 0.05) is 18.6 Å². The number of nitrogens with two attached hydrogens (primary N) is 1. The first-order chi connectivity index (χ1) is 8.22. The number of amides is 1. The van der Waals surface area contributed by atoms with Gasteiger partial charge < -0.3 is 10.6 Å². The molecule has 1 fully saturated rings. The Balaban J connectivity index is 2.03. The molecule has 4 nitrogen and oxygen atoms in total. The Bertz CT molecular complexity index is 358. The minimum absolute atomic E-state index is 0.121. The predicted octanol–water partition coefficient (Wildman–Crippen LogP) is 1.88. The van der Waals surface area contributed by atoms with Gasteiger partial charge in [-0.3, -0.25) is 9.78 Å². The van der Waals surface area contributed by atoms with Gasteiger partial charge in [-0.25, -0.2) is 0 Å². The normalized spacial score (nSPS) is 24.6. The number of nitrogens with zero attached hydrogens (tertiary/aromatic N) is 2. The van der Waals surface area contributed by atoms with Crippen molar-refractivity contribution in [2.75, 3.05) is 6.54 Å². The van der Waals surface area contributed by atoms with E-state index in [2.05, 4.69) is 4.98 Å². The van der Waals surface area contributed by atoms with E-state index in [4.69, 9.17) is 5.73 Å². The van der Waals surface area contributed by atoms with Gasteiger partial charge in [0.05, 0.1) is 11.7 Å². The number of thiazole rings is 1. The first-order valence-corrected chi connectivity index (χ1v) is 7.05. The molecule has 1 amide bonds. The quantitative estimate of drug-likeness (QED) is 0.894. The van der Waals surface area contributed by atoms with Crippen LogP contribution in [-0.2, 0) is 0 Å². The van der Waals surface area contributed by atoms with Crippen LogP contribution in [0.2, 0.25) is 0 Å². The van der Waals surface area contributed by atoms with Crippen molar-refractivity contribution >= 4 is 17.2 Å². The average molecular weight is 253 g/mol. The van der Waals surface area contributed by atoms with Crippen LogP contribution < -0.4 is 5.73 Å². The summed E-state index contributed by atoms with van der Waals surface area (Å²) in [7, 11) is 0. The van der Waals surface area contributed by atoms with E-state index in [1.165, 1.54) is 11.3 Å². The van der Waals surface area contributed by atoms with E-state index in [1.54, 1.807) is 11.7 Å². The van der Waals surface area contributed by atoms with Crippen LogP contribution in [0.25, 0.3) is 0 Å². The van der Waals surface area contributed by atoms with Crippen LogP contribution in [0.3, 0.4) is 0 Å². The lowest BCUT2D eigenvalue weighted by molar-refractivity contribution is 0.0645. The lowest BCUT2D eigenvalue weighted by atomic mass is 9.90. The lowest BCUT2D eigenvalue weighted by Gasteiger charge is -2.35. The number of carbonyl (C=O) groups is 1. The molecule has 0 unspecified atom stereocenters. The second-order valence-corrected chi connectivity index (χ2v) is 5.41. The van der Waals surface area contributed by atoms with Crippen molar-refractivity contribution in [1.29, 1.82) is 0 Å². The number of carbonyl (C=O) groups excluding carboxylic acids is 1. The van der Waals surface area contributed by atoms with Crippen molar-refractivity contribution in [3.05, 3.63) is 16.6 Å². The lowest BCUT2D eigenvalue weighted by Crippen LogP contribution is -2.43. The summed E-state index contributed by atoms with van der Waals surface area (Å²) < 4.78 is 0. The minimum Gasteiger partial charge on any atom is -0.335 e. The first kappa shape index (κ1) is 12.5. The van der Waals surface area contributed by atoms with Gasteiger partial charge >= 0.3 is 0 Å². The monoisotopic (exact) mass is 253 g/mol. The zero-order chi connectivity index (χ0) is 12.3. The highest BCUT2D eigenvalue weighted by Gasteiger charge is 2.27. The van der Waals surface area contributed by atoms with Gasteiger partial charge in [0.2, 0.25) is 0 Å². The van der Waals surface area contributed by atoms with E-state index < -0.39 is 0 Å². The molecule has 94 valence electrons. The zero-order valence-corrected chi connectivity index (χ0v) is 10.9. The summed E-state index contributed by atoms with van der Waals surface area (Å²) in [5, 5.41) is 0. The van der Waals surface area contributed by atoms with Crippen molar-refractivity contribution in [1.82, 2.24) is 9.88 Å². The minimum atomic E-state index is 0.121. The summed E-state index contributed by atoms with van der Waals surface area (Å²) >= 11 is 1.41. The summed E-state index contributed by atoms with van der Waals surface area (Å²) in [4.78, 5) is 19.0. The Morgan fingerprint density at radius 3 is 2.76 bits per heavy atom. The maximum atomic E-state index is 12.3. The molecule has 0 radical (unpaired) electrons. The third kappa shape index (κ3) is 2.84. The molecule has 0 spiro atoms. The number of hydrogen-bond acceptors (Lipinski definition) is 4. The molecule has 0 saturated heterocycles. The average Bonchev–Trinajstić information content (AvgIpc) is 2.86. The van der Waals surface area contributed by atoms with Gasteiger partial charge in [-0.15, -0.1) is 11.3 Å². The largest absolute Gasteiger partial charge is 0.335 e. The summed E-state index contributed by atoms with van der Waals surface area (Å²) in [5.74, 6) is 0.121. The molecule has 1 heterocycles. The molecule has 1 aliphatic rings. The second-order valence-electron chi connectivity index (χ2n) is 4.53. The molecule has 1 aliphatic carbocycles. The second kappa shape index (κ2) is 5.60. The molecule has 17 heavy (non-hydrogen) atoms. The molecule has 0 aliphatic heterocycles. The molecule has 5 heteroatoms. The van der Waals surface area contributed by atoms with Crippen molar-refractivity contribution in [3.63, 3.8) is 0 Å². The van der Waals surface area contributed by atoms with E-state index in [0.29, 0.717) is 12.1 Å². The maximum absolute atomic E-state index is 12.3. The Morgan fingerprint density at radius 2 is 2.24 bits per heavy atom. The number of hydrogen-bond donors (Lipinski definition) is 1. The topological polar surface area (TPSA) is 59.2 Å². The van der Waals surface area contributed by atoms with E-state index in [9.17, 15) is 4.79 Å². The SMILES string of the molecule is CCN(C(=O)c1cncs1)C1CCC(N)CC1. The molecule has 0 atom stereocenters. The van der Waals surface area contributed by atoms with E-state index >= 15 is 0 Å². The molecule has 1 aromatic rings. The Morgan fingerprint density at radius 1 is 1.53 bits per heavy atom.